The van der Waals surface area contributed by atoms with E-state index in [1.54, 1.807) is 6.20 Å². The fourth-order valence-electron chi connectivity index (χ4n) is 2.65. The Morgan fingerprint density at radius 3 is 2.62 bits per heavy atom. The minimum atomic E-state index is -0.576. The molecular formula is C17H21N5O2. The molecule has 7 nitrogen and oxygen atoms in total. The molecule has 7 heteroatoms. The first-order chi connectivity index (χ1) is 11.6. The van der Waals surface area contributed by atoms with Crippen molar-refractivity contribution >= 4 is 17.4 Å². The maximum Gasteiger partial charge on any atom is 0.268 e. The number of carbonyl (C=O) groups is 1. The van der Waals surface area contributed by atoms with Crippen molar-refractivity contribution < 1.29 is 9.53 Å². The Labute approximate surface area is 141 Å². The van der Waals surface area contributed by atoms with Crippen molar-refractivity contribution in [2.24, 2.45) is 5.73 Å². The fraction of sp³-hybridized carbons (Fsp3) is 0.353. The van der Waals surface area contributed by atoms with E-state index in [1.165, 1.54) is 11.9 Å². The summed E-state index contributed by atoms with van der Waals surface area (Å²) in [4.78, 5) is 23.7. The number of aromatic nitrogens is 2. The molecule has 24 heavy (non-hydrogen) atoms. The van der Waals surface area contributed by atoms with Gasteiger partial charge in [-0.05, 0) is 17.7 Å². The van der Waals surface area contributed by atoms with Crippen molar-refractivity contribution in [1.82, 2.24) is 9.97 Å². The van der Waals surface area contributed by atoms with Crippen LogP contribution in [-0.2, 0) is 11.3 Å². The van der Waals surface area contributed by atoms with Crippen LogP contribution in [0.1, 0.15) is 16.1 Å². The summed E-state index contributed by atoms with van der Waals surface area (Å²) < 4.78 is 5.38. The van der Waals surface area contributed by atoms with E-state index < -0.39 is 5.91 Å². The molecule has 3 rings (SSSR count). The quantitative estimate of drug-likeness (QED) is 0.883. The number of amides is 1. The Balaban J connectivity index is 1.67. The Bertz CT molecular complexity index is 698. The maximum absolute atomic E-state index is 11.2. The lowest BCUT2D eigenvalue weighted by atomic mass is 10.2. The lowest BCUT2D eigenvalue weighted by Crippen LogP contribution is -2.36. The standard InChI is InChI=1S/C17H21N5O2/c1-21(16-11-19-10-15(20-16)17(18)23)12-13-2-4-14(5-3-13)22-6-8-24-9-7-22/h2-5,10-11H,6-9,12H2,1H3,(H2,18,23). The number of hydrogen-bond donors (Lipinski definition) is 1. The summed E-state index contributed by atoms with van der Waals surface area (Å²) >= 11 is 0. The lowest BCUT2D eigenvalue weighted by molar-refractivity contribution is 0.0995. The van der Waals surface area contributed by atoms with E-state index in [0.29, 0.717) is 12.4 Å². The average Bonchev–Trinajstić information content (AvgIpc) is 2.63. The van der Waals surface area contributed by atoms with Crippen LogP contribution in [0.3, 0.4) is 0 Å². The minimum Gasteiger partial charge on any atom is -0.378 e. The highest BCUT2D eigenvalue weighted by molar-refractivity contribution is 5.90. The molecular weight excluding hydrogens is 306 g/mol. The average molecular weight is 327 g/mol. The Morgan fingerprint density at radius 1 is 1.25 bits per heavy atom. The fourth-order valence-corrected chi connectivity index (χ4v) is 2.65. The van der Waals surface area contributed by atoms with Crippen molar-refractivity contribution in [2.45, 2.75) is 6.54 Å². The molecule has 0 saturated carbocycles. The van der Waals surface area contributed by atoms with Gasteiger partial charge in [-0.3, -0.25) is 9.78 Å². The van der Waals surface area contributed by atoms with Gasteiger partial charge >= 0.3 is 0 Å². The molecule has 0 unspecified atom stereocenters. The van der Waals surface area contributed by atoms with Crippen molar-refractivity contribution in [2.75, 3.05) is 43.2 Å². The van der Waals surface area contributed by atoms with E-state index in [1.807, 2.05) is 11.9 Å². The third-order valence-electron chi connectivity index (χ3n) is 4.00. The van der Waals surface area contributed by atoms with Gasteiger partial charge in [-0.2, -0.15) is 0 Å². The van der Waals surface area contributed by atoms with Crippen molar-refractivity contribution in [3.8, 4) is 0 Å². The van der Waals surface area contributed by atoms with Crippen molar-refractivity contribution in [3.05, 3.63) is 47.9 Å². The van der Waals surface area contributed by atoms with Crippen LogP contribution in [-0.4, -0.2) is 49.2 Å². The first kappa shape index (κ1) is 16.2. The van der Waals surface area contributed by atoms with E-state index in [0.717, 1.165) is 31.9 Å². The molecule has 0 bridgehead atoms. The van der Waals surface area contributed by atoms with Gasteiger partial charge in [0.25, 0.3) is 5.91 Å². The number of primary amides is 1. The third kappa shape index (κ3) is 3.80. The van der Waals surface area contributed by atoms with Gasteiger partial charge in [0.2, 0.25) is 0 Å². The second-order valence-electron chi connectivity index (χ2n) is 5.75. The van der Waals surface area contributed by atoms with Crippen LogP contribution in [0.15, 0.2) is 36.7 Å². The van der Waals surface area contributed by atoms with Gasteiger partial charge in [0.15, 0.2) is 0 Å². The van der Waals surface area contributed by atoms with Crippen molar-refractivity contribution in [1.29, 1.82) is 0 Å². The summed E-state index contributed by atoms with van der Waals surface area (Å²) in [5, 5.41) is 0. The van der Waals surface area contributed by atoms with E-state index in [9.17, 15) is 4.79 Å². The molecule has 0 spiro atoms. The van der Waals surface area contributed by atoms with Crippen LogP contribution < -0.4 is 15.5 Å². The number of hydrogen-bond acceptors (Lipinski definition) is 6. The molecule has 1 aromatic carbocycles. The third-order valence-corrected chi connectivity index (χ3v) is 4.00. The summed E-state index contributed by atoms with van der Waals surface area (Å²) in [6.45, 7) is 4.07. The molecule has 1 aliphatic rings. The molecule has 0 atom stereocenters. The zero-order chi connectivity index (χ0) is 16.9. The minimum absolute atomic E-state index is 0.169. The molecule has 1 saturated heterocycles. The molecule has 1 amide bonds. The number of rotatable bonds is 5. The van der Waals surface area contributed by atoms with Crippen LogP contribution in [0.2, 0.25) is 0 Å². The van der Waals surface area contributed by atoms with Crippen LogP contribution in [0.5, 0.6) is 0 Å². The molecule has 1 fully saturated rings. The zero-order valence-corrected chi connectivity index (χ0v) is 13.7. The first-order valence-corrected chi connectivity index (χ1v) is 7.88. The normalized spacial score (nSPS) is 14.5. The first-order valence-electron chi connectivity index (χ1n) is 7.88. The van der Waals surface area contributed by atoms with Gasteiger partial charge in [-0.1, -0.05) is 12.1 Å². The van der Waals surface area contributed by atoms with Crippen LogP contribution in [0.4, 0.5) is 11.5 Å². The number of ether oxygens (including phenoxy) is 1. The summed E-state index contributed by atoms with van der Waals surface area (Å²) in [6.07, 6.45) is 2.99. The Kier molecular flexibility index (Phi) is 4.90. The summed E-state index contributed by atoms with van der Waals surface area (Å²) in [5.74, 6) is 0.0381. The van der Waals surface area contributed by atoms with Crippen LogP contribution >= 0.6 is 0 Å². The summed E-state index contributed by atoms with van der Waals surface area (Å²) in [5.41, 5.74) is 7.78. The second-order valence-corrected chi connectivity index (χ2v) is 5.75. The number of carbonyl (C=O) groups excluding carboxylic acids is 1. The highest BCUT2D eigenvalue weighted by Gasteiger charge is 2.12. The molecule has 0 radical (unpaired) electrons. The molecule has 0 aliphatic carbocycles. The van der Waals surface area contributed by atoms with Gasteiger partial charge in [-0.25, -0.2) is 4.98 Å². The molecule has 2 N–H and O–H groups in total. The van der Waals surface area contributed by atoms with Gasteiger partial charge < -0.3 is 20.3 Å². The van der Waals surface area contributed by atoms with Crippen molar-refractivity contribution in [3.63, 3.8) is 0 Å². The van der Waals surface area contributed by atoms with Gasteiger partial charge in [0.05, 0.1) is 25.6 Å². The number of nitrogens with zero attached hydrogens (tertiary/aromatic N) is 4. The number of benzene rings is 1. The Morgan fingerprint density at radius 2 is 1.96 bits per heavy atom. The predicted molar refractivity (Wildman–Crippen MR) is 92.1 cm³/mol. The number of morpholine rings is 1. The van der Waals surface area contributed by atoms with Gasteiger partial charge in [0.1, 0.15) is 11.5 Å². The lowest BCUT2D eigenvalue weighted by Gasteiger charge is -2.29. The molecule has 2 heterocycles. The predicted octanol–water partition coefficient (Wildman–Crippen LogP) is 1.05. The highest BCUT2D eigenvalue weighted by atomic mass is 16.5. The molecule has 126 valence electrons. The van der Waals surface area contributed by atoms with Crippen LogP contribution in [0.25, 0.3) is 0 Å². The number of anilines is 2. The summed E-state index contributed by atoms with van der Waals surface area (Å²) in [6, 6.07) is 8.46. The monoisotopic (exact) mass is 327 g/mol. The molecule has 1 aromatic heterocycles. The largest absolute Gasteiger partial charge is 0.378 e. The molecule has 1 aliphatic heterocycles. The highest BCUT2D eigenvalue weighted by Crippen LogP contribution is 2.18. The van der Waals surface area contributed by atoms with E-state index in [2.05, 4.69) is 39.1 Å². The van der Waals surface area contributed by atoms with E-state index >= 15 is 0 Å². The van der Waals surface area contributed by atoms with Gasteiger partial charge in [0, 0.05) is 32.4 Å². The van der Waals surface area contributed by atoms with E-state index in [-0.39, 0.29) is 5.69 Å². The SMILES string of the molecule is CN(Cc1ccc(N2CCOCC2)cc1)c1cncc(C(N)=O)n1. The Hall–Kier alpha value is -2.67. The number of nitrogens with two attached hydrogens (primary N) is 1. The second kappa shape index (κ2) is 7.27. The summed E-state index contributed by atoms with van der Waals surface area (Å²) in [7, 11) is 1.91. The zero-order valence-electron chi connectivity index (χ0n) is 13.7. The maximum atomic E-state index is 11.2. The topological polar surface area (TPSA) is 84.6 Å². The molecule has 2 aromatic rings. The smallest absolute Gasteiger partial charge is 0.268 e. The van der Waals surface area contributed by atoms with Gasteiger partial charge in [-0.15, -0.1) is 0 Å². The van der Waals surface area contributed by atoms with Crippen LogP contribution in [0, 0.1) is 0 Å². The van der Waals surface area contributed by atoms with E-state index in [4.69, 9.17) is 10.5 Å².